The third-order valence-corrected chi connectivity index (χ3v) is 3.97. The zero-order chi connectivity index (χ0) is 14.7. The lowest BCUT2D eigenvalue weighted by molar-refractivity contribution is -0.147. The van der Waals surface area contributed by atoms with Gasteiger partial charge in [0.15, 0.2) is 0 Å². The molecule has 1 unspecified atom stereocenters. The summed E-state index contributed by atoms with van der Waals surface area (Å²) < 4.78 is 8.37. The van der Waals surface area contributed by atoms with E-state index >= 15 is 0 Å². The van der Waals surface area contributed by atoms with Crippen molar-refractivity contribution < 1.29 is 9.53 Å². The predicted octanol–water partition coefficient (Wildman–Crippen LogP) is 4.17. The third-order valence-electron chi connectivity index (χ3n) is 3.48. The number of hydrogen-bond acceptors (Lipinski definition) is 2. The van der Waals surface area contributed by atoms with Gasteiger partial charge in [-0.2, -0.15) is 0 Å². The minimum Gasteiger partial charge on any atom is -0.466 e. The molecule has 1 aromatic carbocycles. The Hall–Kier alpha value is -1.29. The SMILES string of the molecule is CCOC(=O)C(C)Cc1cn(CC)c2ccc(Br)cc12. The highest BCUT2D eigenvalue weighted by Crippen LogP contribution is 2.27. The monoisotopic (exact) mass is 337 g/mol. The Morgan fingerprint density at radius 2 is 2.15 bits per heavy atom. The number of nitrogens with zero attached hydrogens (tertiary/aromatic N) is 1. The van der Waals surface area contributed by atoms with Crippen LogP contribution in [-0.4, -0.2) is 17.1 Å². The van der Waals surface area contributed by atoms with Crippen LogP contribution < -0.4 is 0 Å². The van der Waals surface area contributed by atoms with Gasteiger partial charge in [0.1, 0.15) is 0 Å². The van der Waals surface area contributed by atoms with Crippen LogP contribution >= 0.6 is 15.9 Å². The van der Waals surface area contributed by atoms with E-state index < -0.39 is 0 Å². The number of esters is 1. The lowest BCUT2D eigenvalue weighted by Gasteiger charge is -2.09. The summed E-state index contributed by atoms with van der Waals surface area (Å²) in [6.07, 6.45) is 2.85. The van der Waals surface area contributed by atoms with Gasteiger partial charge in [-0.3, -0.25) is 4.79 Å². The molecule has 1 aromatic heterocycles. The summed E-state index contributed by atoms with van der Waals surface area (Å²) in [5, 5.41) is 1.21. The number of benzene rings is 1. The molecule has 0 spiro atoms. The average molecular weight is 338 g/mol. The second kappa shape index (κ2) is 6.44. The van der Waals surface area contributed by atoms with Gasteiger partial charge in [-0.05, 0) is 44.0 Å². The predicted molar refractivity (Wildman–Crippen MR) is 84.8 cm³/mol. The highest BCUT2D eigenvalue weighted by Gasteiger charge is 2.17. The van der Waals surface area contributed by atoms with E-state index in [1.165, 1.54) is 16.5 Å². The maximum Gasteiger partial charge on any atom is 0.308 e. The Kier molecular flexibility index (Phi) is 4.86. The standard InChI is InChI=1S/C16H20BrNO2/c1-4-18-10-12(8-11(3)16(19)20-5-2)14-9-13(17)6-7-15(14)18/h6-7,9-11H,4-5,8H2,1-3H3. The molecule has 1 heterocycles. The molecule has 0 radical (unpaired) electrons. The van der Waals surface area contributed by atoms with E-state index in [1.807, 2.05) is 19.9 Å². The molecular weight excluding hydrogens is 318 g/mol. The first-order valence-corrected chi connectivity index (χ1v) is 7.80. The van der Waals surface area contributed by atoms with Crippen LogP contribution in [-0.2, 0) is 22.5 Å². The molecule has 0 aliphatic rings. The number of halogens is 1. The van der Waals surface area contributed by atoms with Gasteiger partial charge in [0.25, 0.3) is 0 Å². The van der Waals surface area contributed by atoms with E-state index in [0.29, 0.717) is 13.0 Å². The van der Waals surface area contributed by atoms with Crippen LogP contribution in [0.1, 0.15) is 26.3 Å². The summed E-state index contributed by atoms with van der Waals surface area (Å²) >= 11 is 3.52. The van der Waals surface area contributed by atoms with Crippen LogP contribution in [0.4, 0.5) is 0 Å². The van der Waals surface area contributed by atoms with Crippen molar-refractivity contribution in [2.45, 2.75) is 33.7 Å². The van der Waals surface area contributed by atoms with Gasteiger partial charge in [0.2, 0.25) is 0 Å². The van der Waals surface area contributed by atoms with Crippen molar-refractivity contribution in [3.63, 3.8) is 0 Å². The summed E-state index contributed by atoms with van der Waals surface area (Å²) in [5.74, 6) is -0.246. The first-order chi connectivity index (χ1) is 9.56. The van der Waals surface area contributed by atoms with Crippen molar-refractivity contribution in [3.8, 4) is 0 Å². The topological polar surface area (TPSA) is 31.2 Å². The van der Waals surface area contributed by atoms with Crippen molar-refractivity contribution in [3.05, 3.63) is 34.4 Å². The third kappa shape index (κ3) is 3.06. The van der Waals surface area contributed by atoms with Gasteiger partial charge >= 0.3 is 5.97 Å². The van der Waals surface area contributed by atoms with Crippen LogP contribution in [0.15, 0.2) is 28.9 Å². The van der Waals surface area contributed by atoms with Crippen molar-refractivity contribution in [1.29, 1.82) is 0 Å². The lowest BCUT2D eigenvalue weighted by Crippen LogP contribution is -2.16. The number of carbonyl (C=O) groups is 1. The van der Waals surface area contributed by atoms with E-state index in [4.69, 9.17) is 4.74 Å². The molecule has 3 nitrogen and oxygen atoms in total. The molecule has 0 bridgehead atoms. The van der Waals surface area contributed by atoms with Gasteiger partial charge in [-0.1, -0.05) is 22.9 Å². The highest BCUT2D eigenvalue weighted by atomic mass is 79.9. The van der Waals surface area contributed by atoms with Crippen LogP contribution in [0, 0.1) is 5.92 Å². The maximum atomic E-state index is 11.8. The summed E-state index contributed by atoms with van der Waals surface area (Å²) in [6, 6.07) is 6.28. The highest BCUT2D eigenvalue weighted by molar-refractivity contribution is 9.10. The quantitative estimate of drug-likeness (QED) is 0.767. The van der Waals surface area contributed by atoms with Crippen molar-refractivity contribution in [2.75, 3.05) is 6.61 Å². The fraction of sp³-hybridized carbons (Fsp3) is 0.438. The summed E-state index contributed by atoms with van der Waals surface area (Å²) in [5.41, 5.74) is 2.41. The average Bonchev–Trinajstić information content (AvgIpc) is 2.76. The second-order valence-corrected chi connectivity index (χ2v) is 5.87. The largest absolute Gasteiger partial charge is 0.466 e. The van der Waals surface area contributed by atoms with E-state index in [0.717, 1.165) is 11.0 Å². The molecule has 20 heavy (non-hydrogen) atoms. The molecule has 2 rings (SSSR count). The zero-order valence-corrected chi connectivity index (χ0v) is 13.7. The summed E-state index contributed by atoms with van der Waals surface area (Å²) in [4.78, 5) is 11.8. The number of hydrogen-bond donors (Lipinski definition) is 0. The number of fused-ring (bicyclic) bond motifs is 1. The van der Waals surface area contributed by atoms with Crippen molar-refractivity contribution in [2.24, 2.45) is 5.92 Å². The zero-order valence-electron chi connectivity index (χ0n) is 12.1. The van der Waals surface area contributed by atoms with Crippen LogP contribution in [0.5, 0.6) is 0 Å². The fourth-order valence-corrected chi connectivity index (χ4v) is 2.83. The number of ether oxygens (including phenoxy) is 1. The molecule has 1 atom stereocenters. The lowest BCUT2D eigenvalue weighted by atomic mass is 10.0. The molecule has 0 saturated carbocycles. The molecular formula is C16H20BrNO2. The molecule has 2 aromatic rings. The number of aryl methyl sites for hydroxylation is 1. The molecule has 0 fully saturated rings. The van der Waals surface area contributed by atoms with E-state index in [1.54, 1.807) is 0 Å². The fourth-order valence-electron chi connectivity index (χ4n) is 2.47. The minimum absolute atomic E-state index is 0.121. The first-order valence-electron chi connectivity index (χ1n) is 7.00. The Bertz CT molecular complexity index is 618. The normalized spacial score (nSPS) is 12.6. The molecule has 0 N–H and O–H groups in total. The van der Waals surface area contributed by atoms with Gasteiger partial charge in [0.05, 0.1) is 12.5 Å². The van der Waals surface area contributed by atoms with Crippen molar-refractivity contribution >= 4 is 32.8 Å². The van der Waals surface area contributed by atoms with Crippen LogP contribution in [0.2, 0.25) is 0 Å². The van der Waals surface area contributed by atoms with Gasteiger partial charge in [-0.25, -0.2) is 0 Å². The van der Waals surface area contributed by atoms with Crippen LogP contribution in [0.25, 0.3) is 10.9 Å². The first kappa shape index (κ1) is 15.1. The number of carbonyl (C=O) groups excluding carboxylic acids is 1. The van der Waals surface area contributed by atoms with Crippen molar-refractivity contribution in [1.82, 2.24) is 4.57 Å². The summed E-state index contributed by atoms with van der Waals surface area (Å²) in [7, 11) is 0. The Morgan fingerprint density at radius 1 is 1.40 bits per heavy atom. The van der Waals surface area contributed by atoms with Crippen LogP contribution in [0.3, 0.4) is 0 Å². The van der Waals surface area contributed by atoms with E-state index in [2.05, 4.69) is 45.8 Å². The minimum atomic E-state index is -0.125. The molecule has 0 aliphatic heterocycles. The molecule has 108 valence electrons. The number of rotatable bonds is 5. The molecule has 0 amide bonds. The molecule has 4 heteroatoms. The molecule has 0 aliphatic carbocycles. The van der Waals surface area contributed by atoms with Gasteiger partial charge in [-0.15, -0.1) is 0 Å². The Balaban J connectivity index is 2.34. The summed E-state index contributed by atoms with van der Waals surface area (Å²) in [6.45, 7) is 7.24. The maximum absolute atomic E-state index is 11.8. The Labute approximate surface area is 128 Å². The molecule has 0 saturated heterocycles. The smallest absolute Gasteiger partial charge is 0.308 e. The van der Waals surface area contributed by atoms with Gasteiger partial charge in [0, 0.05) is 28.1 Å². The van der Waals surface area contributed by atoms with E-state index in [-0.39, 0.29) is 11.9 Å². The second-order valence-electron chi connectivity index (χ2n) is 4.96. The van der Waals surface area contributed by atoms with Gasteiger partial charge < -0.3 is 9.30 Å². The Morgan fingerprint density at radius 3 is 2.80 bits per heavy atom. The van der Waals surface area contributed by atoms with E-state index in [9.17, 15) is 4.79 Å². The number of aromatic nitrogens is 1.